The van der Waals surface area contributed by atoms with Crippen LogP contribution in [-0.2, 0) is 13.0 Å². The molecule has 0 unspecified atom stereocenters. The number of rotatable bonds is 6. The van der Waals surface area contributed by atoms with Crippen LogP contribution in [-0.4, -0.2) is 31.9 Å². The van der Waals surface area contributed by atoms with Gasteiger partial charge in [-0.2, -0.15) is 0 Å². The molecule has 3 rings (SSSR count). The first-order valence-electron chi connectivity index (χ1n) is 8.36. The number of carbonyl (C=O) groups is 1. The van der Waals surface area contributed by atoms with Crippen LogP contribution in [0.2, 0.25) is 0 Å². The van der Waals surface area contributed by atoms with E-state index in [1.54, 1.807) is 7.05 Å². The summed E-state index contributed by atoms with van der Waals surface area (Å²) in [6.45, 7) is 1.76. The van der Waals surface area contributed by atoms with Crippen LogP contribution in [0.25, 0.3) is 0 Å². The quantitative estimate of drug-likeness (QED) is 0.710. The van der Waals surface area contributed by atoms with Crippen molar-refractivity contribution in [2.75, 3.05) is 18.5 Å². The first-order chi connectivity index (χ1) is 12.2. The highest BCUT2D eigenvalue weighted by atomic mass is 16.1. The van der Waals surface area contributed by atoms with E-state index in [1.807, 2.05) is 30.3 Å². The van der Waals surface area contributed by atoms with Crippen molar-refractivity contribution in [2.45, 2.75) is 18.9 Å². The highest BCUT2D eigenvalue weighted by Gasteiger charge is 2.20. The molecule has 3 N–H and O–H groups in total. The Labute approximate surface area is 147 Å². The largest absolute Gasteiger partial charge is 0.367 e. The van der Waals surface area contributed by atoms with Crippen LogP contribution in [0.1, 0.15) is 33.0 Å². The zero-order valence-corrected chi connectivity index (χ0v) is 14.3. The maximum absolute atomic E-state index is 11.6. The minimum atomic E-state index is -0.239. The molecule has 0 saturated carbocycles. The van der Waals surface area contributed by atoms with Gasteiger partial charge in [0.1, 0.15) is 0 Å². The van der Waals surface area contributed by atoms with Crippen molar-refractivity contribution >= 4 is 24.0 Å². The van der Waals surface area contributed by atoms with Gasteiger partial charge in [-0.3, -0.25) is 4.79 Å². The summed E-state index contributed by atoms with van der Waals surface area (Å²) in [6.07, 6.45) is 3.58. The highest BCUT2D eigenvalue weighted by Crippen LogP contribution is 2.31. The van der Waals surface area contributed by atoms with Gasteiger partial charge < -0.3 is 21.0 Å². The summed E-state index contributed by atoms with van der Waals surface area (Å²) in [5.41, 5.74) is 5.32. The van der Waals surface area contributed by atoms with E-state index in [0.29, 0.717) is 5.56 Å². The molecule has 0 atom stereocenters. The first kappa shape index (κ1) is 16.9. The Hall–Kier alpha value is -2.95. The van der Waals surface area contributed by atoms with Crippen LogP contribution >= 0.6 is 0 Å². The second kappa shape index (κ2) is 7.30. The molecule has 0 fully saturated rings. The molecule has 5 nitrogen and oxygen atoms in total. The fraction of sp³-hybridized carbons (Fsp3) is 0.250. The van der Waals surface area contributed by atoms with Crippen LogP contribution in [0.3, 0.4) is 0 Å². The third kappa shape index (κ3) is 3.45. The Morgan fingerprint density at radius 1 is 1.20 bits per heavy atom. The van der Waals surface area contributed by atoms with Crippen molar-refractivity contribution in [3.8, 4) is 0 Å². The maximum atomic E-state index is 11.6. The number of nitrogens with one attached hydrogen (secondary N) is 3. The van der Waals surface area contributed by atoms with Gasteiger partial charge in [-0.25, -0.2) is 0 Å². The molecule has 2 aromatic carbocycles. The molecule has 2 aromatic rings. The molecule has 1 heterocycles. The zero-order chi connectivity index (χ0) is 17.8. The third-order valence-electron chi connectivity index (χ3n) is 4.66. The van der Waals surface area contributed by atoms with E-state index in [-0.39, 0.29) is 11.8 Å². The van der Waals surface area contributed by atoms with Crippen molar-refractivity contribution in [3.63, 3.8) is 0 Å². The summed E-state index contributed by atoms with van der Waals surface area (Å²) >= 11 is 0. The van der Waals surface area contributed by atoms with Gasteiger partial charge in [0.05, 0.1) is 5.92 Å². The fourth-order valence-electron chi connectivity index (χ4n) is 3.23. The Balaban J connectivity index is 1.76. The van der Waals surface area contributed by atoms with Crippen LogP contribution in [0.15, 0.2) is 42.5 Å². The predicted molar refractivity (Wildman–Crippen MR) is 101 cm³/mol. The molecule has 0 spiro atoms. The summed E-state index contributed by atoms with van der Waals surface area (Å²) < 4.78 is 0. The second-order valence-electron chi connectivity index (χ2n) is 6.19. The molecule has 0 aromatic heterocycles. The number of hydrogen-bond donors (Lipinski definition) is 3. The lowest BCUT2D eigenvalue weighted by atomic mass is 9.98. The van der Waals surface area contributed by atoms with Gasteiger partial charge in [-0.05, 0) is 41.3 Å². The topological polar surface area (TPSA) is 80.0 Å². The number of nitrogens with zero attached hydrogens (tertiary/aromatic N) is 1. The van der Waals surface area contributed by atoms with Crippen LogP contribution in [0, 0.1) is 10.8 Å². The van der Waals surface area contributed by atoms with E-state index in [1.165, 1.54) is 29.2 Å². The number of hydrogen-bond acceptors (Lipinski definition) is 4. The van der Waals surface area contributed by atoms with E-state index < -0.39 is 0 Å². The second-order valence-corrected chi connectivity index (χ2v) is 6.19. The lowest BCUT2D eigenvalue weighted by Crippen LogP contribution is -2.20. The average molecular weight is 334 g/mol. The minimum Gasteiger partial charge on any atom is -0.367 e. The van der Waals surface area contributed by atoms with Gasteiger partial charge in [0.15, 0.2) is 0 Å². The monoisotopic (exact) mass is 334 g/mol. The molecule has 25 heavy (non-hydrogen) atoms. The third-order valence-corrected chi connectivity index (χ3v) is 4.66. The van der Waals surface area contributed by atoms with Crippen molar-refractivity contribution in [2.24, 2.45) is 0 Å². The molecule has 1 aliphatic rings. The molecule has 0 saturated heterocycles. The molecule has 1 aliphatic heterocycles. The van der Waals surface area contributed by atoms with E-state index >= 15 is 0 Å². The molecular weight excluding hydrogens is 312 g/mol. The number of benzene rings is 2. The maximum Gasteiger partial charge on any atom is 0.251 e. The van der Waals surface area contributed by atoms with Gasteiger partial charge >= 0.3 is 0 Å². The van der Waals surface area contributed by atoms with Crippen molar-refractivity contribution in [1.29, 1.82) is 10.8 Å². The number of fused-ring (bicyclic) bond motifs is 1. The first-order valence-corrected chi connectivity index (χ1v) is 8.36. The average Bonchev–Trinajstić information content (AvgIpc) is 3.05. The van der Waals surface area contributed by atoms with Gasteiger partial charge in [-0.1, -0.05) is 24.3 Å². The number of carbonyl (C=O) groups excluding carboxylic acids is 1. The summed E-state index contributed by atoms with van der Waals surface area (Å²) in [4.78, 5) is 13.9. The summed E-state index contributed by atoms with van der Waals surface area (Å²) in [6, 6.07) is 13.9. The molecule has 0 bridgehead atoms. The molecule has 5 heteroatoms. The van der Waals surface area contributed by atoms with Crippen LogP contribution in [0.4, 0.5) is 5.69 Å². The Kier molecular flexibility index (Phi) is 4.93. The molecular formula is C20H22N4O. The lowest BCUT2D eigenvalue weighted by Gasteiger charge is -2.20. The van der Waals surface area contributed by atoms with E-state index in [9.17, 15) is 4.79 Å². The Morgan fingerprint density at radius 2 is 1.92 bits per heavy atom. The summed E-state index contributed by atoms with van der Waals surface area (Å²) in [5, 5.41) is 17.5. The Bertz CT molecular complexity index is 790. The minimum absolute atomic E-state index is 0.0717. The predicted octanol–water partition coefficient (Wildman–Crippen LogP) is 2.99. The van der Waals surface area contributed by atoms with E-state index in [2.05, 4.69) is 22.3 Å². The summed E-state index contributed by atoms with van der Waals surface area (Å²) in [5.74, 6) is -0.311. The van der Waals surface area contributed by atoms with Crippen molar-refractivity contribution in [3.05, 3.63) is 64.7 Å². The molecule has 1 amide bonds. The highest BCUT2D eigenvalue weighted by molar-refractivity contribution is 5.94. The molecule has 0 aliphatic carbocycles. The van der Waals surface area contributed by atoms with E-state index in [0.717, 1.165) is 25.1 Å². The number of anilines is 1. The van der Waals surface area contributed by atoms with Crippen molar-refractivity contribution in [1.82, 2.24) is 5.32 Å². The Morgan fingerprint density at radius 3 is 2.56 bits per heavy atom. The van der Waals surface area contributed by atoms with Gasteiger partial charge in [0, 0.05) is 43.8 Å². The molecule has 0 radical (unpaired) electrons. The SMILES string of the molecule is CNC(=O)c1ccc(CN2CCc3cc(C(C=N)C=N)ccc32)cc1. The standard InChI is InChI=1S/C20H22N4O/c1-23-20(25)15-4-2-14(3-5-15)13-24-9-8-17-10-16(6-7-19(17)24)18(11-21)12-22/h2-7,10-12,18,21-22H,8-9,13H2,1H3,(H,23,25). The molecule has 128 valence electrons. The van der Waals surface area contributed by atoms with Gasteiger partial charge in [0.25, 0.3) is 5.91 Å². The van der Waals surface area contributed by atoms with Crippen LogP contribution < -0.4 is 10.2 Å². The van der Waals surface area contributed by atoms with Gasteiger partial charge in [0.2, 0.25) is 0 Å². The smallest absolute Gasteiger partial charge is 0.251 e. The summed E-state index contributed by atoms with van der Waals surface area (Å²) in [7, 11) is 1.63. The fourth-order valence-corrected chi connectivity index (χ4v) is 3.23. The lowest BCUT2D eigenvalue weighted by molar-refractivity contribution is 0.0963. The van der Waals surface area contributed by atoms with Gasteiger partial charge in [-0.15, -0.1) is 0 Å². The number of amides is 1. The normalized spacial score (nSPS) is 13.9. The zero-order valence-electron chi connectivity index (χ0n) is 14.3. The van der Waals surface area contributed by atoms with Crippen LogP contribution in [0.5, 0.6) is 0 Å². The van der Waals surface area contributed by atoms with E-state index in [4.69, 9.17) is 10.8 Å². The van der Waals surface area contributed by atoms with Crippen molar-refractivity contribution < 1.29 is 4.79 Å².